The fourth-order valence-electron chi connectivity index (χ4n) is 4.92. The first kappa shape index (κ1) is 21.8. The molecule has 0 radical (unpaired) electrons. The molecule has 0 aromatic heterocycles. The molecule has 1 amide bonds. The monoisotopic (exact) mass is 421 g/mol. The largest absolute Gasteiger partial charge is 0.497 e. The number of ether oxygens (including phenoxy) is 1. The van der Waals surface area contributed by atoms with Crippen LogP contribution >= 0.6 is 0 Å². The number of nitrogens with zero attached hydrogens (tertiary/aromatic N) is 2. The van der Waals surface area contributed by atoms with Gasteiger partial charge in [0, 0.05) is 39.1 Å². The number of benzene rings is 2. The van der Waals surface area contributed by atoms with Gasteiger partial charge in [0.25, 0.3) is 0 Å². The van der Waals surface area contributed by atoms with Crippen LogP contribution in [0.15, 0.2) is 48.5 Å². The molecule has 1 heterocycles. The number of hydrogen-bond donors (Lipinski definition) is 1. The highest BCUT2D eigenvalue weighted by Crippen LogP contribution is 2.36. The van der Waals surface area contributed by atoms with E-state index in [0.29, 0.717) is 6.42 Å². The molecule has 0 spiro atoms. The lowest BCUT2D eigenvalue weighted by molar-refractivity contribution is -0.122. The summed E-state index contributed by atoms with van der Waals surface area (Å²) in [5, 5.41) is 3.37. The number of amides is 1. The molecule has 0 bridgehead atoms. The van der Waals surface area contributed by atoms with E-state index in [1.54, 1.807) is 7.11 Å². The number of hydrogen-bond acceptors (Lipinski definition) is 4. The van der Waals surface area contributed by atoms with Gasteiger partial charge in [0.15, 0.2) is 0 Å². The van der Waals surface area contributed by atoms with Gasteiger partial charge in [-0.25, -0.2) is 0 Å². The fraction of sp³-hybridized carbons (Fsp3) is 0.500. The van der Waals surface area contributed by atoms with E-state index in [0.717, 1.165) is 57.7 Å². The van der Waals surface area contributed by atoms with E-state index in [-0.39, 0.29) is 17.9 Å². The maximum atomic E-state index is 13.2. The fourth-order valence-corrected chi connectivity index (χ4v) is 4.92. The van der Waals surface area contributed by atoms with Crippen LogP contribution in [0, 0.1) is 0 Å². The molecule has 1 saturated heterocycles. The Morgan fingerprint density at radius 2 is 1.90 bits per heavy atom. The molecule has 166 valence electrons. The lowest BCUT2D eigenvalue weighted by atomic mass is 9.81. The van der Waals surface area contributed by atoms with E-state index in [1.165, 1.54) is 16.7 Å². The summed E-state index contributed by atoms with van der Waals surface area (Å²) in [5.41, 5.74) is 3.83. The standard InChI is InChI=1S/C26H35N3O2/c1-28-13-15-29(16-14-28)19-25(20-7-4-3-5-8-20)27-26(30)18-22-10-6-9-21-17-23(31-2)11-12-24(21)22/h3-5,7-8,11-12,17,22,25H,6,9-10,13-16,18-19H2,1-2H3,(H,27,30). The number of nitrogens with one attached hydrogen (secondary N) is 1. The van der Waals surface area contributed by atoms with Crippen LogP contribution in [0.3, 0.4) is 0 Å². The van der Waals surface area contributed by atoms with Gasteiger partial charge in [0.05, 0.1) is 13.2 Å². The minimum absolute atomic E-state index is 0.0241. The highest BCUT2D eigenvalue weighted by atomic mass is 16.5. The Balaban J connectivity index is 1.43. The number of likely N-dealkylation sites (N-methyl/N-ethyl adjacent to an activating group) is 1. The van der Waals surface area contributed by atoms with Crippen molar-refractivity contribution in [1.82, 2.24) is 15.1 Å². The van der Waals surface area contributed by atoms with Gasteiger partial charge in [-0.05, 0) is 61.1 Å². The van der Waals surface area contributed by atoms with Crippen LogP contribution in [0.2, 0.25) is 0 Å². The second-order valence-corrected chi connectivity index (χ2v) is 8.99. The Kier molecular flexibility index (Phi) is 7.25. The summed E-state index contributed by atoms with van der Waals surface area (Å²) < 4.78 is 5.39. The normalized spacial score (nSPS) is 20.6. The molecular formula is C26H35N3O2. The minimum Gasteiger partial charge on any atom is -0.497 e. The third-order valence-electron chi connectivity index (χ3n) is 6.79. The minimum atomic E-state index is 0.0241. The molecule has 31 heavy (non-hydrogen) atoms. The van der Waals surface area contributed by atoms with Gasteiger partial charge in [0.2, 0.25) is 5.91 Å². The van der Waals surface area contributed by atoms with E-state index >= 15 is 0 Å². The average Bonchev–Trinajstić information content (AvgIpc) is 2.80. The third kappa shape index (κ3) is 5.66. The first-order valence-electron chi connectivity index (χ1n) is 11.5. The summed E-state index contributed by atoms with van der Waals surface area (Å²) >= 11 is 0. The van der Waals surface area contributed by atoms with Crippen molar-refractivity contribution >= 4 is 5.91 Å². The molecule has 1 N–H and O–H groups in total. The Bertz CT molecular complexity index is 862. The van der Waals surface area contributed by atoms with Crippen molar-refractivity contribution in [3.05, 3.63) is 65.2 Å². The number of carbonyl (C=O) groups is 1. The van der Waals surface area contributed by atoms with Crippen molar-refractivity contribution in [2.24, 2.45) is 0 Å². The number of fused-ring (bicyclic) bond motifs is 1. The van der Waals surface area contributed by atoms with Gasteiger partial charge in [-0.15, -0.1) is 0 Å². The van der Waals surface area contributed by atoms with Crippen LogP contribution < -0.4 is 10.1 Å². The van der Waals surface area contributed by atoms with E-state index < -0.39 is 0 Å². The van der Waals surface area contributed by atoms with E-state index in [9.17, 15) is 4.79 Å². The van der Waals surface area contributed by atoms with Crippen molar-refractivity contribution in [3.63, 3.8) is 0 Å². The molecule has 1 aliphatic heterocycles. The van der Waals surface area contributed by atoms with Crippen LogP contribution in [0.5, 0.6) is 5.75 Å². The van der Waals surface area contributed by atoms with Gasteiger partial charge in [-0.1, -0.05) is 36.4 Å². The Hall–Kier alpha value is -2.37. The number of rotatable bonds is 7. The molecule has 1 aliphatic carbocycles. The number of aryl methyl sites for hydroxylation is 1. The Morgan fingerprint density at radius 1 is 1.13 bits per heavy atom. The summed E-state index contributed by atoms with van der Waals surface area (Å²) in [6.45, 7) is 5.12. The lowest BCUT2D eigenvalue weighted by Gasteiger charge is -2.35. The van der Waals surface area contributed by atoms with Crippen molar-refractivity contribution < 1.29 is 9.53 Å². The van der Waals surface area contributed by atoms with Crippen molar-refractivity contribution in [2.75, 3.05) is 46.9 Å². The van der Waals surface area contributed by atoms with E-state index in [2.05, 4.69) is 58.6 Å². The molecule has 1 fully saturated rings. The van der Waals surface area contributed by atoms with Crippen molar-refractivity contribution in [1.29, 1.82) is 0 Å². The molecule has 2 aliphatic rings. The highest BCUT2D eigenvalue weighted by Gasteiger charge is 2.26. The van der Waals surface area contributed by atoms with Crippen molar-refractivity contribution in [3.8, 4) is 5.75 Å². The molecule has 5 heteroatoms. The Morgan fingerprint density at radius 3 is 2.65 bits per heavy atom. The van der Waals surface area contributed by atoms with Gasteiger partial charge >= 0.3 is 0 Å². The lowest BCUT2D eigenvalue weighted by Crippen LogP contribution is -2.48. The van der Waals surface area contributed by atoms with Gasteiger partial charge < -0.3 is 15.0 Å². The van der Waals surface area contributed by atoms with Gasteiger partial charge in [-0.2, -0.15) is 0 Å². The summed E-state index contributed by atoms with van der Waals surface area (Å²) in [4.78, 5) is 18.0. The van der Waals surface area contributed by atoms with Crippen LogP contribution in [-0.4, -0.2) is 62.6 Å². The molecular weight excluding hydrogens is 386 g/mol. The number of methoxy groups -OCH3 is 1. The first-order chi connectivity index (χ1) is 15.1. The molecule has 2 aromatic rings. The summed E-state index contributed by atoms with van der Waals surface area (Å²) in [5.74, 6) is 1.34. The molecule has 2 unspecified atom stereocenters. The van der Waals surface area contributed by atoms with Crippen LogP contribution in [0.4, 0.5) is 0 Å². The number of carbonyl (C=O) groups excluding carboxylic acids is 1. The Labute approximate surface area is 186 Å². The zero-order chi connectivity index (χ0) is 21.6. The molecule has 2 atom stereocenters. The molecule has 0 saturated carbocycles. The topological polar surface area (TPSA) is 44.8 Å². The maximum absolute atomic E-state index is 13.2. The maximum Gasteiger partial charge on any atom is 0.221 e. The summed E-state index contributed by atoms with van der Waals surface area (Å²) in [6, 6.07) is 16.7. The van der Waals surface area contributed by atoms with E-state index in [1.807, 2.05) is 12.1 Å². The zero-order valence-corrected chi connectivity index (χ0v) is 18.8. The van der Waals surface area contributed by atoms with Crippen LogP contribution in [0.25, 0.3) is 0 Å². The van der Waals surface area contributed by atoms with Crippen molar-refractivity contribution in [2.45, 2.75) is 37.6 Å². The zero-order valence-electron chi connectivity index (χ0n) is 18.8. The first-order valence-corrected chi connectivity index (χ1v) is 11.5. The van der Waals surface area contributed by atoms with E-state index in [4.69, 9.17) is 4.74 Å². The second kappa shape index (κ2) is 10.3. The molecule has 2 aromatic carbocycles. The predicted octanol–water partition coefficient (Wildman–Crippen LogP) is 3.61. The SMILES string of the molecule is COc1ccc2c(c1)CCCC2CC(=O)NC(CN1CCN(C)CC1)c1ccccc1. The molecule has 5 nitrogen and oxygen atoms in total. The smallest absolute Gasteiger partial charge is 0.221 e. The summed E-state index contributed by atoms with van der Waals surface area (Å²) in [6.07, 6.45) is 3.81. The van der Waals surface area contributed by atoms with Gasteiger partial charge in [-0.3, -0.25) is 9.69 Å². The quantitative estimate of drug-likeness (QED) is 0.742. The van der Waals surface area contributed by atoms with Crippen LogP contribution in [-0.2, 0) is 11.2 Å². The van der Waals surface area contributed by atoms with Crippen LogP contribution in [0.1, 0.15) is 47.9 Å². The predicted molar refractivity (Wildman–Crippen MR) is 125 cm³/mol. The summed E-state index contributed by atoms with van der Waals surface area (Å²) in [7, 11) is 3.88. The second-order valence-electron chi connectivity index (χ2n) is 8.99. The highest BCUT2D eigenvalue weighted by molar-refractivity contribution is 5.77. The van der Waals surface area contributed by atoms with Gasteiger partial charge in [0.1, 0.15) is 5.75 Å². The third-order valence-corrected chi connectivity index (χ3v) is 6.79. The number of piperazine rings is 1. The molecule has 4 rings (SSSR count). The average molecular weight is 422 g/mol.